The van der Waals surface area contributed by atoms with Crippen molar-refractivity contribution in [2.45, 2.75) is 32.1 Å². The molecule has 1 heterocycles. The highest BCUT2D eigenvalue weighted by Crippen LogP contribution is 2.10. The minimum Gasteiger partial charge on any atom is -0.356 e. The van der Waals surface area contributed by atoms with Crippen molar-refractivity contribution in [2.24, 2.45) is 5.92 Å². The van der Waals surface area contributed by atoms with Gasteiger partial charge in [0.05, 0.1) is 0 Å². The van der Waals surface area contributed by atoms with Crippen LogP contribution in [0.3, 0.4) is 0 Å². The van der Waals surface area contributed by atoms with Gasteiger partial charge in [0.25, 0.3) is 0 Å². The third-order valence-corrected chi connectivity index (χ3v) is 3.74. The number of rotatable bonds is 8. The fraction of sp³-hybridized carbons (Fsp3) is 0.917. The van der Waals surface area contributed by atoms with E-state index >= 15 is 0 Å². The summed E-state index contributed by atoms with van der Waals surface area (Å²) in [5, 5.41) is 6.36. The van der Waals surface area contributed by atoms with Crippen LogP contribution in [0.1, 0.15) is 32.1 Å². The maximum atomic E-state index is 11.4. The fourth-order valence-electron chi connectivity index (χ4n) is 2.00. The predicted octanol–water partition coefficient (Wildman–Crippen LogP) is 1.64. The summed E-state index contributed by atoms with van der Waals surface area (Å²) in [6, 6.07) is 0. The lowest BCUT2D eigenvalue weighted by Crippen LogP contribution is -2.26. The van der Waals surface area contributed by atoms with E-state index in [1.807, 2.05) is 11.8 Å². The van der Waals surface area contributed by atoms with E-state index in [1.165, 1.54) is 12.2 Å². The van der Waals surface area contributed by atoms with Crippen LogP contribution in [-0.4, -0.2) is 37.6 Å². The number of hydrogen-bond acceptors (Lipinski definition) is 3. The third-order valence-electron chi connectivity index (χ3n) is 3.04. The Morgan fingerprint density at radius 1 is 1.50 bits per heavy atom. The Labute approximate surface area is 103 Å². The summed E-state index contributed by atoms with van der Waals surface area (Å²) < 4.78 is 0. The van der Waals surface area contributed by atoms with E-state index in [1.54, 1.807) is 0 Å². The molecule has 0 aromatic carbocycles. The second kappa shape index (κ2) is 8.88. The van der Waals surface area contributed by atoms with E-state index in [0.717, 1.165) is 44.8 Å². The van der Waals surface area contributed by atoms with E-state index < -0.39 is 0 Å². The number of hydrogen-bond donors (Lipinski definition) is 2. The maximum absolute atomic E-state index is 11.4. The van der Waals surface area contributed by atoms with Crippen LogP contribution in [0.5, 0.6) is 0 Å². The molecule has 1 unspecified atom stereocenters. The van der Waals surface area contributed by atoms with Crippen molar-refractivity contribution in [3.05, 3.63) is 0 Å². The van der Waals surface area contributed by atoms with E-state index in [0.29, 0.717) is 6.42 Å². The summed E-state index contributed by atoms with van der Waals surface area (Å²) in [4.78, 5) is 11.4. The van der Waals surface area contributed by atoms with E-state index in [2.05, 4.69) is 16.9 Å². The van der Waals surface area contributed by atoms with Gasteiger partial charge in [-0.2, -0.15) is 11.8 Å². The van der Waals surface area contributed by atoms with Gasteiger partial charge >= 0.3 is 0 Å². The van der Waals surface area contributed by atoms with Crippen molar-refractivity contribution in [1.29, 1.82) is 0 Å². The average Bonchev–Trinajstić information content (AvgIpc) is 2.77. The zero-order chi connectivity index (χ0) is 11.6. The van der Waals surface area contributed by atoms with Crippen LogP contribution < -0.4 is 10.6 Å². The van der Waals surface area contributed by atoms with Gasteiger partial charge in [0.2, 0.25) is 5.91 Å². The first-order valence-corrected chi connectivity index (χ1v) is 7.68. The maximum Gasteiger partial charge on any atom is 0.219 e. The van der Waals surface area contributed by atoms with Crippen LogP contribution in [0.25, 0.3) is 0 Å². The predicted molar refractivity (Wildman–Crippen MR) is 70.8 cm³/mol. The first-order chi connectivity index (χ1) is 7.83. The highest BCUT2D eigenvalue weighted by Gasteiger charge is 2.13. The largest absolute Gasteiger partial charge is 0.356 e. The highest BCUT2D eigenvalue weighted by molar-refractivity contribution is 7.98. The topological polar surface area (TPSA) is 41.1 Å². The van der Waals surface area contributed by atoms with E-state index in [-0.39, 0.29) is 5.91 Å². The Morgan fingerprint density at radius 3 is 3.06 bits per heavy atom. The lowest BCUT2D eigenvalue weighted by Gasteiger charge is -2.09. The van der Waals surface area contributed by atoms with Crippen molar-refractivity contribution in [2.75, 3.05) is 31.6 Å². The first kappa shape index (κ1) is 13.8. The van der Waals surface area contributed by atoms with Crippen molar-refractivity contribution in [1.82, 2.24) is 10.6 Å². The van der Waals surface area contributed by atoms with Crippen molar-refractivity contribution in [3.8, 4) is 0 Å². The van der Waals surface area contributed by atoms with Crippen molar-refractivity contribution >= 4 is 17.7 Å². The number of carbonyl (C=O) groups is 1. The summed E-state index contributed by atoms with van der Waals surface area (Å²) in [6.45, 7) is 3.13. The third kappa shape index (κ3) is 6.38. The zero-order valence-corrected chi connectivity index (χ0v) is 11.1. The lowest BCUT2D eigenvalue weighted by atomic mass is 10.1. The van der Waals surface area contributed by atoms with Crippen LogP contribution in [0, 0.1) is 5.92 Å². The van der Waals surface area contributed by atoms with Gasteiger partial charge in [-0.05, 0) is 56.7 Å². The van der Waals surface area contributed by atoms with E-state index in [4.69, 9.17) is 0 Å². The molecule has 3 nitrogen and oxygen atoms in total. The summed E-state index contributed by atoms with van der Waals surface area (Å²) in [7, 11) is 0. The molecule has 94 valence electrons. The number of amides is 1. The summed E-state index contributed by atoms with van der Waals surface area (Å²) >= 11 is 1.85. The van der Waals surface area contributed by atoms with E-state index in [9.17, 15) is 4.79 Å². The number of thioether (sulfide) groups is 1. The molecular formula is C12H24N2OS. The normalized spacial score (nSPS) is 19.9. The van der Waals surface area contributed by atoms with Gasteiger partial charge in [-0.3, -0.25) is 4.79 Å². The highest BCUT2D eigenvalue weighted by atomic mass is 32.2. The molecular weight excluding hydrogens is 220 g/mol. The smallest absolute Gasteiger partial charge is 0.219 e. The van der Waals surface area contributed by atoms with Crippen molar-refractivity contribution < 1.29 is 4.79 Å². The molecule has 2 N–H and O–H groups in total. The molecule has 1 aliphatic heterocycles. The SMILES string of the molecule is CSCCCCC(=O)NCCC1CCNC1. The van der Waals surface area contributed by atoms with Crippen LogP contribution >= 0.6 is 11.8 Å². The number of unbranched alkanes of at least 4 members (excludes halogenated alkanes) is 1. The number of carbonyl (C=O) groups excluding carboxylic acids is 1. The summed E-state index contributed by atoms with van der Waals surface area (Å²) in [5.41, 5.74) is 0. The number of nitrogens with one attached hydrogen (secondary N) is 2. The molecule has 4 heteroatoms. The Hall–Kier alpha value is -0.220. The molecule has 1 rings (SSSR count). The fourth-order valence-corrected chi connectivity index (χ4v) is 2.49. The Balaban J connectivity index is 1.89. The van der Waals surface area contributed by atoms with Gasteiger partial charge in [0.1, 0.15) is 0 Å². The molecule has 1 aliphatic rings. The van der Waals surface area contributed by atoms with Gasteiger partial charge in [-0.25, -0.2) is 0 Å². The lowest BCUT2D eigenvalue weighted by molar-refractivity contribution is -0.121. The summed E-state index contributed by atoms with van der Waals surface area (Å²) in [6.07, 6.45) is 7.38. The molecule has 0 saturated carbocycles. The van der Waals surface area contributed by atoms with Gasteiger partial charge in [0.15, 0.2) is 0 Å². The Kier molecular flexibility index (Phi) is 7.68. The molecule has 0 aromatic heterocycles. The average molecular weight is 244 g/mol. The second-order valence-electron chi connectivity index (χ2n) is 4.45. The molecule has 16 heavy (non-hydrogen) atoms. The molecule has 0 aromatic rings. The van der Waals surface area contributed by atoms with Crippen LogP contribution in [0.15, 0.2) is 0 Å². The van der Waals surface area contributed by atoms with Gasteiger partial charge < -0.3 is 10.6 Å². The van der Waals surface area contributed by atoms with Crippen LogP contribution in [0.2, 0.25) is 0 Å². The second-order valence-corrected chi connectivity index (χ2v) is 5.43. The molecule has 0 aliphatic carbocycles. The standard InChI is InChI=1S/C12H24N2OS/c1-16-9-3-2-4-12(15)14-8-6-11-5-7-13-10-11/h11,13H,2-10H2,1H3,(H,14,15). The monoisotopic (exact) mass is 244 g/mol. The molecule has 0 bridgehead atoms. The first-order valence-electron chi connectivity index (χ1n) is 6.29. The van der Waals surface area contributed by atoms with Gasteiger partial charge in [-0.15, -0.1) is 0 Å². The molecule has 1 amide bonds. The Morgan fingerprint density at radius 2 is 2.38 bits per heavy atom. The molecule has 1 fully saturated rings. The molecule has 1 saturated heterocycles. The van der Waals surface area contributed by atoms with Crippen LogP contribution in [-0.2, 0) is 4.79 Å². The van der Waals surface area contributed by atoms with Gasteiger partial charge in [0, 0.05) is 13.0 Å². The van der Waals surface area contributed by atoms with Gasteiger partial charge in [-0.1, -0.05) is 0 Å². The Bertz CT molecular complexity index is 193. The minimum absolute atomic E-state index is 0.229. The van der Waals surface area contributed by atoms with Crippen molar-refractivity contribution in [3.63, 3.8) is 0 Å². The quantitative estimate of drug-likeness (QED) is 0.638. The minimum atomic E-state index is 0.229. The molecule has 0 spiro atoms. The summed E-state index contributed by atoms with van der Waals surface area (Å²) in [5.74, 6) is 2.17. The van der Waals surface area contributed by atoms with Crippen LogP contribution in [0.4, 0.5) is 0 Å². The zero-order valence-electron chi connectivity index (χ0n) is 10.3. The molecule has 0 radical (unpaired) electrons. The molecule has 1 atom stereocenters.